The molecule has 1 atom stereocenters. The molecule has 1 unspecified atom stereocenters. The van der Waals surface area contributed by atoms with Gasteiger partial charge in [0.1, 0.15) is 0 Å². The molecule has 0 fully saturated rings. The number of aliphatic hydroxyl groups excluding tert-OH is 2. The van der Waals surface area contributed by atoms with Gasteiger partial charge in [-0.3, -0.25) is 0 Å². The van der Waals surface area contributed by atoms with E-state index < -0.39 is 6.10 Å². The third kappa shape index (κ3) is 5.32. The van der Waals surface area contributed by atoms with E-state index in [9.17, 15) is 5.11 Å². The van der Waals surface area contributed by atoms with Crippen LogP contribution < -0.4 is 5.32 Å². The molecule has 0 heterocycles. The molecule has 0 aliphatic heterocycles. The largest absolute Gasteiger partial charge is 0.396 e. The Balaban J connectivity index is 1.75. The van der Waals surface area contributed by atoms with E-state index in [0.717, 1.165) is 35.4 Å². The van der Waals surface area contributed by atoms with Crippen molar-refractivity contribution >= 4 is 22.5 Å². The van der Waals surface area contributed by atoms with Gasteiger partial charge in [-0.2, -0.15) is 11.8 Å². The van der Waals surface area contributed by atoms with Crippen molar-refractivity contribution in [2.45, 2.75) is 12.5 Å². The molecule has 0 spiro atoms. The van der Waals surface area contributed by atoms with Crippen LogP contribution in [0.3, 0.4) is 0 Å². The smallest absolute Gasteiger partial charge is 0.0914 e. The summed E-state index contributed by atoms with van der Waals surface area (Å²) in [6.07, 6.45) is 0.377. The molecule has 0 aromatic heterocycles. The summed E-state index contributed by atoms with van der Waals surface area (Å²) in [6.45, 7) is 1.71. The zero-order chi connectivity index (χ0) is 14.9. The first-order valence-electron chi connectivity index (χ1n) is 7.37. The molecule has 3 nitrogen and oxygen atoms in total. The summed E-state index contributed by atoms with van der Waals surface area (Å²) < 4.78 is 0. The minimum Gasteiger partial charge on any atom is -0.396 e. The van der Waals surface area contributed by atoms with Crippen molar-refractivity contribution in [2.24, 2.45) is 0 Å². The van der Waals surface area contributed by atoms with E-state index >= 15 is 0 Å². The SMILES string of the molecule is OCCCSCCNCC(O)c1ccc2ccccc2c1. The van der Waals surface area contributed by atoms with Crippen LogP contribution in [0.15, 0.2) is 42.5 Å². The zero-order valence-electron chi connectivity index (χ0n) is 12.2. The van der Waals surface area contributed by atoms with Gasteiger partial charge in [-0.25, -0.2) is 0 Å². The molecule has 0 aliphatic rings. The molecule has 2 aromatic carbocycles. The first-order valence-corrected chi connectivity index (χ1v) is 8.53. The van der Waals surface area contributed by atoms with E-state index in [2.05, 4.69) is 29.6 Å². The summed E-state index contributed by atoms with van der Waals surface area (Å²) in [6, 6.07) is 14.3. The Hall–Kier alpha value is -1.07. The number of hydrogen-bond acceptors (Lipinski definition) is 4. The Morgan fingerprint density at radius 3 is 2.67 bits per heavy atom. The van der Waals surface area contributed by atoms with Crippen molar-refractivity contribution in [3.8, 4) is 0 Å². The van der Waals surface area contributed by atoms with Crippen LogP contribution in [0.25, 0.3) is 10.8 Å². The van der Waals surface area contributed by atoms with Crippen molar-refractivity contribution in [1.29, 1.82) is 0 Å². The highest BCUT2D eigenvalue weighted by atomic mass is 32.2. The Morgan fingerprint density at radius 2 is 1.86 bits per heavy atom. The van der Waals surface area contributed by atoms with Crippen LogP contribution in [0.4, 0.5) is 0 Å². The van der Waals surface area contributed by atoms with E-state index in [-0.39, 0.29) is 6.61 Å². The summed E-state index contributed by atoms with van der Waals surface area (Å²) in [5.41, 5.74) is 0.953. The second-order valence-electron chi connectivity index (χ2n) is 5.02. The molecule has 0 saturated heterocycles. The van der Waals surface area contributed by atoms with Crippen molar-refractivity contribution in [1.82, 2.24) is 5.32 Å². The number of benzene rings is 2. The summed E-state index contributed by atoms with van der Waals surface area (Å²) in [7, 11) is 0. The lowest BCUT2D eigenvalue weighted by molar-refractivity contribution is 0.176. The summed E-state index contributed by atoms with van der Waals surface area (Å²) in [5.74, 6) is 2.00. The van der Waals surface area contributed by atoms with Crippen LogP contribution in [0, 0.1) is 0 Å². The second kappa shape index (κ2) is 9.05. The average molecular weight is 305 g/mol. The van der Waals surface area contributed by atoms with Crippen LogP contribution in [0.1, 0.15) is 18.1 Å². The molecule has 21 heavy (non-hydrogen) atoms. The average Bonchev–Trinajstić information content (AvgIpc) is 2.53. The van der Waals surface area contributed by atoms with E-state index in [1.165, 1.54) is 5.39 Å². The Labute approximate surface area is 130 Å². The molecule has 4 heteroatoms. The molecule has 2 aromatic rings. The number of fused-ring (bicyclic) bond motifs is 1. The monoisotopic (exact) mass is 305 g/mol. The van der Waals surface area contributed by atoms with Crippen LogP contribution in [0.5, 0.6) is 0 Å². The summed E-state index contributed by atoms with van der Waals surface area (Å²) in [5, 5.41) is 24.5. The van der Waals surface area contributed by atoms with Gasteiger partial charge in [0.15, 0.2) is 0 Å². The molecule has 0 amide bonds. The standard InChI is InChI=1S/C17H23NO2S/c19-9-3-10-21-11-8-18-13-17(20)16-7-6-14-4-1-2-5-15(14)12-16/h1-2,4-7,12,17-20H,3,8-11,13H2. The number of rotatable bonds is 9. The highest BCUT2D eigenvalue weighted by Gasteiger charge is 2.07. The number of hydrogen-bond donors (Lipinski definition) is 3. The summed E-state index contributed by atoms with van der Waals surface area (Å²) >= 11 is 1.82. The quantitative estimate of drug-likeness (QED) is 0.623. The number of thioether (sulfide) groups is 1. The minimum absolute atomic E-state index is 0.265. The van der Waals surface area contributed by atoms with Gasteiger partial charge in [0.2, 0.25) is 0 Å². The van der Waals surface area contributed by atoms with Gasteiger partial charge in [-0.1, -0.05) is 36.4 Å². The summed E-state index contributed by atoms with van der Waals surface area (Å²) in [4.78, 5) is 0. The molecule has 2 rings (SSSR count). The fourth-order valence-electron chi connectivity index (χ4n) is 2.18. The third-order valence-electron chi connectivity index (χ3n) is 3.37. The predicted molar refractivity (Wildman–Crippen MR) is 90.8 cm³/mol. The highest BCUT2D eigenvalue weighted by molar-refractivity contribution is 7.99. The molecule has 114 valence electrons. The lowest BCUT2D eigenvalue weighted by atomic mass is 10.0. The van der Waals surface area contributed by atoms with Gasteiger partial charge in [-0.15, -0.1) is 0 Å². The molecule has 0 bridgehead atoms. The Bertz CT molecular complexity index is 547. The third-order valence-corrected chi connectivity index (χ3v) is 4.44. The van der Waals surface area contributed by atoms with Gasteiger partial charge in [0.25, 0.3) is 0 Å². The second-order valence-corrected chi connectivity index (χ2v) is 6.24. The maximum atomic E-state index is 10.2. The van der Waals surface area contributed by atoms with E-state index in [1.807, 2.05) is 30.0 Å². The van der Waals surface area contributed by atoms with Crippen molar-refractivity contribution in [3.05, 3.63) is 48.0 Å². The van der Waals surface area contributed by atoms with Gasteiger partial charge >= 0.3 is 0 Å². The topological polar surface area (TPSA) is 52.5 Å². The highest BCUT2D eigenvalue weighted by Crippen LogP contribution is 2.20. The maximum absolute atomic E-state index is 10.2. The fraction of sp³-hybridized carbons (Fsp3) is 0.412. The van der Waals surface area contributed by atoms with Crippen LogP contribution in [-0.2, 0) is 0 Å². The molecule has 0 aliphatic carbocycles. The van der Waals surface area contributed by atoms with Gasteiger partial charge in [0.05, 0.1) is 6.10 Å². The first-order chi connectivity index (χ1) is 10.3. The van der Waals surface area contributed by atoms with Gasteiger partial charge in [-0.05, 0) is 34.6 Å². The lowest BCUT2D eigenvalue weighted by Gasteiger charge is -2.13. The Kier molecular flexibility index (Phi) is 7.03. The maximum Gasteiger partial charge on any atom is 0.0914 e. The first kappa shape index (κ1) is 16.3. The lowest BCUT2D eigenvalue weighted by Crippen LogP contribution is -2.23. The van der Waals surface area contributed by atoms with E-state index in [1.54, 1.807) is 0 Å². The van der Waals surface area contributed by atoms with Gasteiger partial charge < -0.3 is 15.5 Å². The van der Waals surface area contributed by atoms with E-state index in [4.69, 9.17) is 5.11 Å². The molecular formula is C17H23NO2S. The fourth-order valence-corrected chi connectivity index (χ4v) is 3.01. The zero-order valence-corrected chi connectivity index (χ0v) is 13.0. The van der Waals surface area contributed by atoms with E-state index in [0.29, 0.717) is 6.54 Å². The van der Waals surface area contributed by atoms with Gasteiger partial charge in [0, 0.05) is 25.4 Å². The van der Waals surface area contributed by atoms with Crippen LogP contribution in [0.2, 0.25) is 0 Å². The normalized spacial score (nSPS) is 12.7. The number of aliphatic hydroxyl groups is 2. The Morgan fingerprint density at radius 1 is 1.05 bits per heavy atom. The van der Waals surface area contributed by atoms with Crippen LogP contribution in [-0.4, -0.2) is 41.4 Å². The molecule has 0 radical (unpaired) electrons. The molecule has 3 N–H and O–H groups in total. The molecular weight excluding hydrogens is 282 g/mol. The number of nitrogens with one attached hydrogen (secondary N) is 1. The van der Waals surface area contributed by atoms with Crippen LogP contribution >= 0.6 is 11.8 Å². The minimum atomic E-state index is -0.475. The van der Waals surface area contributed by atoms with Crippen molar-refractivity contribution < 1.29 is 10.2 Å². The van der Waals surface area contributed by atoms with Crippen molar-refractivity contribution in [3.63, 3.8) is 0 Å². The predicted octanol–water partition coefficient (Wildman–Crippen LogP) is 2.58. The van der Waals surface area contributed by atoms with Crippen molar-refractivity contribution in [2.75, 3.05) is 31.2 Å². The molecule has 0 saturated carbocycles.